The molecule has 0 radical (unpaired) electrons. The zero-order chi connectivity index (χ0) is 14.9. The number of hydrogen-bond acceptors (Lipinski definition) is 7. The molecule has 20 heavy (non-hydrogen) atoms. The van der Waals surface area contributed by atoms with Crippen LogP contribution in [0.25, 0.3) is 0 Å². The Morgan fingerprint density at radius 1 is 1.35 bits per heavy atom. The van der Waals surface area contributed by atoms with Gasteiger partial charge in [0.1, 0.15) is 30.5 Å². The van der Waals surface area contributed by atoms with Crippen molar-refractivity contribution in [1.82, 2.24) is 9.97 Å². The fourth-order valence-electron chi connectivity index (χ4n) is 2.21. The molecule has 0 amide bonds. The summed E-state index contributed by atoms with van der Waals surface area (Å²) in [5.74, 6) is 0.544. The molecule has 1 aliphatic rings. The number of anilines is 1. The van der Waals surface area contributed by atoms with Crippen molar-refractivity contribution in [2.45, 2.75) is 38.4 Å². The van der Waals surface area contributed by atoms with E-state index < -0.39 is 24.5 Å². The SMILES string of the molecule is C=CN(c1ncnc(C)c1C)[C@@H]1O[C@H](CO)[C@@H](O)[C@H]1O. The van der Waals surface area contributed by atoms with E-state index in [1.165, 1.54) is 17.4 Å². The van der Waals surface area contributed by atoms with Crippen LogP contribution in [0.2, 0.25) is 0 Å². The summed E-state index contributed by atoms with van der Waals surface area (Å²) in [5.41, 5.74) is 1.62. The van der Waals surface area contributed by atoms with Crippen LogP contribution in [0.3, 0.4) is 0 Å². The van der Waals surface area contributed by atoms with Gasteiger partial charge in [-0.05, 0) is 13.8 Å². The molecular formula is C13H19N3O4. The highest BCUT2D eigenvalue weighted by molar-refractivity contribution is 5.50. The van der Waals surface area contributed by atoms with Gasteiger partial charge in [0.15, 0.2) is 6.23 Å². The number of aryl methyl sites for hydroxylation is 1. The standard InChI is InChI=1S/C13H19N3O4/c1-4-16(12-7(2)8(3)14-6-15-12)13-11(19)10(18)9(5-17)20-13/h4,6,9-11,13,17-19H,1,5H2,2-3H3/t9-,10-,11-,13-/m1/s1. The Bertz CT molecular complexity index is 497. The third-order valence-electron chi connectivity index (χ3n) is 3.54. The smallest absolute Gasteiger partial charge is 0.164 e. The van der Waals surface area contributed by atoms with Crippen molar-refractivity contribution in [3.63, 3.8) is 0 Å². The fourth-order valence-corrected chi connectivity index (χ4v) is 2.21. The highest BCUT2D eigenvalue weighted by atomic mass is 16.6. The van der Waals surface area contributed by atoms with Crippen molar-refractivity contribution in [3.05, 3.63) is 30.4 Å². The Morgan fingerprint density at radius 3 is 2.60 bits per heavy atom. The molecule has 110 valence electrons. The van der Waals surface area contributed by atoms with Crippen molar-refractivity contribution in [1.29, 1.82) is 0 Å². The predicted octanol–water partition coefficient (Wildman–Crippen LogP) is -0.518. The molecule has 4 atom stereocenters. The third kappa shape index (κ3) is 2.40. The number of rotatable bonds is 4. The van der Waals surface area contributed by atoms with Crippen LogP contribution in [-0.4, -0.2) is 56.4 Å². The molecule has 0 aliphatic carbocycles. The number of nitrogens with zero attached hydrogens (tertiary/aromatic N) is 3. The van der Waals surface area contributed by atoms with Crippen molar-refractivity contribution in [2.24, 2.45) is 0 Å². The van der Waals surface area contributed by atoms with E-state index in [1.807, 2.05) is 13.8 Å². The highest BCUT2D eigenvalue weighted by Gasteiger charge is 2.45. The van der Waals surface area contributed by atoms with E-state index in [2.05, 4.69) is 16.5 Å². The number of aliphatic hydroxyl groups excluding tert-OH is 3. The summed E-state index contributed by atoms with van der Waals surface area (Å²) in [6, 6.07) is 0. The summed E-state index contributed by atoms with van der Waals surface area (Å²) in [7, 11) is 0. The van der Waals surface area contributed by atoms with Gasteiger partial charge in [0.2, 0.25) is 0 Å². The molecule has 0 bridgehead atoms. The lowest BCUT2D eigenvalue weighted by Gasteiger charge is -2.29. The van der Waals surface area contributed by atoms with Crippen molar-refractivity contribution >= 4 is 5.82 Å². The van der Waals surface area contributed by atoms with Gasteiger partial charge in [-0.2, -0.15) is 0 Å². The van der Waals surface area contributed by atoms with Gasteiger partial charge in [-0.15, -0.1) is 0 Å². The lowest BCUT2D eigenvalue weighted by molar-refractivity contribution is -0.0203. The van der Waals surface area contributed by atoms with Gasteiger partial charge in [-0.1, -0.05) is 6.58 Å². The van der Waals surface area contributed by atoms with Crippen molar-refractivity contribution in [2.75, 3.05) is 11.5 Å². The second-order valence-corrected chi connectivity index (χ2v) is 4.73. The Morgan fingerprint density at radius 2 is 2.05 bits per heavy atom. The van der Waals surface area contributed by atoms with E-state index in [-0.39, 0.29) is 6.61 Å². The molecule has 2 rings (SSSR count). The first-order valence-electron chi connectivity index (χ1n) is 6.32. The summed E-state index contributed by atoms with van der Waals surface area (Å²) >= 11 is 0. The molecule has 0 saturated carbocycles. The molecule has 3 N–H and O–H groups in total. The van der Waals surface area contributed by atoms with Crippen LogP contribution in [0, 0.1) is 13.8 Å². The maximum absolute atomic E-state index is 10.1. The summed E-state index contributed by atoms with van der Waals surface area (Å²) in [5, 5.41) is 29.0. The fraction of sp³-hybridized carbons (Fsp3) is 0.538. The molecule has 7 nitrogen and oxygen atoms in total. The van der Waals surface area contributed by atoms with Crippen LogP contribution in [-0.2, 0) is 4.74 Å². The molecule has 1 aromatic rings. The van der Waals surface area contributed by atoms with Crippen LogP contribution >= 0.6 is 0 Å². The zero-order valence-electron chi connectivity index (χ0n) is 11.5. The maximum Gasteiger partial charge on any atom is 0.164 e. The second kappa shape index (κ2) is 5.84. The number of aliphatic hydroxyl groups is 3. The minimum absolute atomic E-state index is 0.374. The van der Waals surface area contributed by atoms with Crippen LogP contribution in [0.15, 0.2) is 19.1 Å². The van der Waals surface area contributed by atoms with E-state index in [4.69, 9.17) is 9.84 Å². The Labute approximate surface area is 117 Å². The van der Waals surface area contributed by atoms with Crippen molar-refractivity contribution in [3.8, 4) is 0 Å². The highest BCUT2D eigenvalue weighted by Crippen LogP contribution is 2.29. The Kier molecular flexibility index (Phi) is 4.34. The van der Waals surface area contributed by atoms with E-state index in [0.717, 1.165) is 11.3 Å². The molecule has 1 saturated heterocycles. The molecule has 1 fully saturated rings. The second-order valence-electron chi connectivity index (χ2n) is 4.73. The van der Waals surface area contributed by atoms with Gasteiger partial charge in [0, 0.05) is 17.5 Å². The summed E-state index contributed by atoms with van der Waals surface area (Å²) < 4.78 is 5.48. The molecule has 1 aromatic heterocycles. The molecular weight excluding hydrogens is 262 g/mol. The van der Waals surface area contributed by atoms with Gasteiger partial charge in [0.25, 0.3) is 0 Å². The first-order valence-corrected chi connectivity index (χ1v) is 6.32. The molecule has 0 spiro atoms. The van der Waals surface area contributed by atoms with E-state index in [0.29, 0.717) is 5.82 Å². The van der Waals surface area contributed by atoms with Crippen LogP contribution < -0.4 is 4.90 Å². The van der Waals surface area contributed by atoms with E-state index in [9.17, 15) is 10.2 Å². The minimum Gasteiger partial charge on any atom is -0.394 e. The van der Waals surface area contributed by atoms with Gasteiger partial charge < -0.3 is 25.0 Å². The normalized spacial score (nSPS) is 29.4. The van der Waals surface area contributed by atoms with E-state index >= 15 is 0 Å². The first-order chi connectivity index (χ1) is 9.51. The zero-order valence-corrected chi connectivity index (χ0v) is 11.5. The van der Waals surface area contributed by atoms with Crippen LogP contribution in [0.1, 0.15) is 11.3 Å². The lowest BCUT2D eigenvalue weighted by Crippen LogP contribution is -2.42. The first kappa shape index (κ1) is 14.9. The quantitative estimate of drug-likeness (QED) is 0.683. The summed E-state index contributed by atoms with van der Waals surface area (Å²) in [4.78, 5) is 9.79. The Hall–Kier alpha value is -1.54. The summed E-state index contributed by atoms with van der Waals surface area (Å²) in [6.45, 7) is 7.02. The minimum atomic E-state index is -1.17. The summed E-state index contributed by atoms with van der Waals surface area (Å²) in [6.07, 6.45) is -1.13. The van der Waals surface area contributed by atoms with E-state index in [1.54, 1.807) is 0 Å². The number of hydrogen-bond donors (Lipinski definition) is 3. The van der Waals surface area contributed by atoms with Crippen molar-refractivity contribution < 1.29 is 20.1 Å². The Balaban J connectivity index is 2.34. The van der Waals surface area contributed by atoms with Gasteiger partial charge in [-0.25, -0.2) is 9.97 Å². The number of aromatic nitrogens is 2. The largest absolute Gasteiger partial charge is 0.394 e. The molecule has 1 aliphatic heterocycles. The van der Waals surface area contributed by atoms with Gasteiger partial charge >= 0.3 is 0 Å². The molecule has 7 heteroatoms. The number of ether oxygens (including phenoxy) is 1. The predicted molar refractivity (Wildman–Crippen MR) is 71.9 cm³/mol. The monoisotopic (exact) mass is 281 g/mol. The van der Waals surface area contributed by atoms with Gasteiger partial charge in [-0.3, -0.25) is 0 Å². The van der Waals surface area contributed by atoms with Gasteiger partial charge in [0.05, 0.1) is 6.61 Å². The molecule has 2 heterocycles. The third-order valence-corrected chi connectivity index (χ3v) is 3.54. The lowest BCUT2D eigenvalue weighted by atomic mass is 10.1. The average Bonchev–Trinajstić information content (AvgIpc) is 2.72. The van der Waals surface area contributed by atoms with Crippen LogP contribution in [0.5, 0.6) is 0 Å². The topological polar surface area (TPSA) is 98.9 Å². The van der Waals surface area contributed by atoms with Crippen LogP contribution in [0.4, 0.5) is 5.82 Å². The molecule has 0 aromatic carbocycles. The average molecular weight is 281 g/mol. The molecule has 0 unspecified atom stereocenters. The maximum atomic E-state index is 10.1.